The first-order chi connectivity index (χ1) is 43.7. The van der Waals surface area contributed by atoms with Gasteiger partial charge in [0.2, 0.25) is 0 Å². The monoisotopic (exact) mass is 1310 g/mol. The molecule has 2 aliphatic carbocycles. The molecule has 26 nitrogen and oxygen atoms in total. The first-order valence-corrected chi connectivity index (χ1v) is 32.4. The molecule has 1 saturated carbocycles. The lowest BCUT2D eigenvalue weighted by molar-refractivity contribution is -0.162. The molecule has 0 spiro atoms. The van der Waals surface area contributed by atoms with Crippen LogP contribution >= 0.6 is 11.8 Å². The van der Waals surface area contributed by atoms with E-state index in [1.54, 1.807) is 47.1 Å². The van der Waals surface area contributed by atoms with Crippen molar-refractivity contribution >= 4 is 70.4 Å². The van der Waals surface area contributed by atoms with Crippen molar-refractivity contribution in [2.24, 2.45) is 35.5 Å². The number of anilines is 1. The number of aliphatic hydroxyl groups excluding tert-OH is 1. The van der Waals surface area contributed by atoms with E-state index in [1.807, 2.05) is 20.8 Å². The lowest BCUT2D eigenvalue weighted by atomic mass is 9.73. The molecule has 1 aromatic carbocycles. The maximum atomic E-state index is 14.3. The fourth-order valence-electron chi connectivity index (χ4n) is 12.3. The summed E-state index contributed by atoms with van der Waals surface area (Å²) in [5.74, 6) is -4.31. The van der Waals surface area contributed by atoms with Gasteiger partial charge in [0.15, 0.2) is 5.72 Å². The van der Waals surface area contributed by atoms with Crippen LogP contribution in [0.15, 0.2) is 65.5 Å². The molecule has 92 heavy (non-hydrogen) atoms. The van der Waals surface area contributed by atoms with Crippen LogP contribution in [0, 0.1) is 35.5 Å². The number of carbonyl (C=O) groups excluding carboxylic acids is 9. The third-order valence-electron chi connectivity index (χ3n) is 18.5. The topological polar surface area (TPSA) is 326 Å². The number of hydrogen-bond acceptors (Lipinski definition) is 21. The van der Waals surface area contributed by atoms with E-state index < -0.39 is 108 Å². The number of carbonyl (C=O) groups is 9. The number of Topliss-reactive ketones (excluding diaryl/α,β-unsaturated/α-hetero) is 1. The molecule has 4 heterocycles. The van der Waals surface area contributed by atoms with Crippen LogP contribution in [-0.4, -0.2) is 206 Å². The van der Waals surface area contributed by atoms with E-state index in [-0.39, 0.29) is 118 Å². The number of nitrogens with zero attached hydrogens (tertiary/aromatic N) is 3. The highest BCUT2D eigenvalue weighted by atomic mass is 32.2. The smallest absolute Gasteiger partial charge is 0.412 e. The fourth-order valence-corrected chi connectivity index (χ4v) is 13.1. The summed E-state index contributed by atoms with van der Waals surface area (Å²) in [7, 11) is 6.16. The molecule has 0 aromatic heterocycles. The molecule has 27 heteroatoms. The van der Waals surface area contributed by atoms with Gasteiger partial charge in [0.1, 0.15) is 55.0 Å². The summed E-state index contributed by atoms with van der Waals surface area (Å²) >= 11 is 0.901. The van der Waals surface area contributed by atoms with Crippen molar-refractivity contribution < 1.29 is 96.0 Å². The molecule has 4 aliphatic heterocycles. The maximum Gasteiger partial charge on any atom is 0.412 e. The van der Waals surface area contributed by atoms with Crippen LogP contribution in [0.25, 0.3) is 0 Å². The lowest BCUT2D eigenvalue weighted by Gasteiger charge is -2.43. The van der Waals surface area contributed by atoms with Crippen molar-refractivity contribution in [2.45, 2.75) is 154 Å². The van der Waals surface area contributed by atoms with Crippen LogP contribution in [0.1, 0.15) is 116 Å². The van der Waals surface area contributed by atoms with Crippen LogP contribution < -0.4 is 16.0 Å². The third kappa shape index (κ3) is 18.9. The molecule has 14 atom stereocenters. The van der Waals surface area contributed by atoms with Gasteiger partial charge in [-0.1, -0.05) is 76.9 Å². The Morgan fingerprint density at radius 2 is 1.66 bits per heavy atom. The second-order valence-electron chi connectivity index (χ2n) is 25.2. The number of hydrogen-bond donors (Lipinski definition) is 5. The maximum absolute atomic E-state index is 14.3. The van der Waals surface area contributed by atoms with E-state index in [4.69, 9.17) is 42.6 Å². The minimum atomic E-state index is -1.74. The Morgan fingerprint density at radius 3 is 2.38 bits per heavy atom. The van der Waals surface area contributed by atoms with Crippen LogP contribution in [0.5, 0.6) is 0 Å². The van der Waals surface area contributed by atoms with E-state index in [0.717, 1.165) is 59.4 Å². The Morgan fingerprint density at radius 1 is 0.935 bits per heavy atom. The quantitative estimate of drug-likeness (QED) is 0.0295. The predicted molar refractivity (Wildman–Crippen MR) is 335 cm³/mol. The van der Waals surface area contributed by atoms with Gasteiger partial charge < -0.3 is 68.0 Å². The van der Waals surface area contributed by atoms with E-state index in [1.165, 1.54) is 47.7 Å². The summed E-state index contributed by atoms with van der Waals surface area (Å²) in [4.78, 5) is 122. The summed E-state index contributed by atoms with van der Waals surface area (Å²) in [5, 5.41) is 31.7. The van der Waals surface area contributed by atoms with Crippen molar-refractivity contribution in [1.29, 1.82) is 0 Å². The number of rotatable bonds is 20. The number of imide groups is 1. The minimum absolute atomic E-state index is 0.000536. The number of benzene rings is 1. The zero-order chi connectivity index (χ0) is 67.2. The third-order valence-corrected chi connectivity index (χ3v) is 19.5. The fraction of sp³-hybridized carbons (Fsp3) is 0.646. The predicted octanol–water partition coefficient (Wildman–Crippen LogP) is 6.78. The van der Waals surface area contributed by atoms with Gasteiger partial charge in [-0.25, -0.2) is 14.4 Å². The molecular formula is C65H92N6O20S. The number of ether oxygens (including phenoxy) is 9. The molecule has 2 saturated heterocycles. The number of thioether (sulfide) groups is 1. The number of nitrogens with one attached hydrogen (secondary N) is 3. The zero-order valence-electron chi connectivity index (χ0n) is 54.6. The van der Waals surface area contributed by atoms with Gasteiger partial charge >= 0.3 is 24.2 Å². The van der Waals surface area contributed by atoms with Crippen molar-refractivity contribution in [3.05, 3.63) is 76.6 Å². The van der Waals surface area contributed by atoms with E-state index in [0.29, 0.717) is 18.4 Å². The molecular weight excluding hydrogens is 1220 g/mol. The Bertz CT molecular complexity index is 2980. The number of alkyl carbamates (subject to hydrolysis) is 1. The number of allylic oxidation sites excluding steroid dienone is 3. The highest BCUT2D eigenvalue weighted by molar-refractivity contribution is 8.13. The van der Waals surface area contributed by atoms with Crippen LogP contribution in [0.3, 0.4) is 0 Å². The van der Waals surface area contributed by atoms with Gasteiger partial charge in [0.05, 0.1) is 49.7 Å². The van der Waals surface area contributed by atoms with Crippen molar-refractivity contribution in [1.82, 2.24) is 25.3 Å². The number of ketones is 1. The van der Waals surface area contributed by atoms with Crippen molar-refractivity contribution in [3.8, 4) is 0 Å². The lowest BCUT2D eigenvalue weighted by Crippen LogP contribution is -2.64. The standard InChI is InChI=1S/C65H92N6O20S/c1-37-14-12-16-53(84-11)65(82)33-52(89-61(79)68-65)42(6)57-64(7,91-57)54(32-50(73)40(4)46-30-44(28-37)31-51(83-10)41(46)5)90-59(77)39(3)38(2)49(72)21-27-92-63(81)70(9)25-24-69(8)62(80)87-34-43-17-18-48(67-60(78)88-45-15-13-26-85-36-86-35-45)47(29-43)58(76)66-22-23-71-55(74)19-20-56(71)75/h13,15,17-20,29,31,37-40,42,45-46,50,52-54,57,73,82H,12,14,16,21-28,30,32-36H2,1-11H3,(H,66,76)(H,67,78)(H,68,79)/b15-13+/t37?,38?,39-,40?,42-,45?,46?,50?,52+,53?,54+,57+,64+,65?/m1/s1. The largest absolute Gasteiger partial charge is 0.497 e. The molecule has 1 aromatic rings. The van der Waals surface area contributed by atoms with Gasteiger partial charge in [-0.2, -0.15) is 0 Å². The summed E-state index contributed by atoms with van der Waals surface area (Å²) < 4.78 is 51.8. The number of methoxy groups -OCH3 is 2. The number of fused-ring (bicyclic) bond motifs is 5. The normalized spacial score (nSPS) is 29.5. The highest BCUT2D eigenvalue weighted by Crippen LogP contribution is 2.50. The number of amides is 7. The Kier molecular flexibility index (Phi) is 25.9. The first-order valence-electron chi connectivity index (χ1n) is 31.4. The highest BCUT2D eigenvalue weighted by Gasteiger charge is 2.64. The Labute approximate surface area is 541 Å². The first kappa shape index (κ1) is 72.5. The average Bonchev–Trinajstić information content (AvgIpc) is 1.57. The second-order valence-corrected chi connectivity index (χ2v) is 26.2. The Hall–Kier alpha value is -6.88. The van der Waals surface area contributed by atoms with E-state index in [9.17, 15) is 53.4 Å². The molecule has 7 rings (SSSR count). The van der Waals surface area contributed by atoms with Gasteiger partial charge in [0, 0.05) is 96.4 Å². The SMILES string of the molecule is COC1=C(C)C2CC(=C1)CC(C)CCCC(OC)C1(O)C[C@H](OC(=O)N1)[C@@H](C)[C@@H]1O[C@@]1(C)[C@@H](OC(=O)[C@H](C)C(C)C(=O)CCSC(=O)N(C)CCN(C)C(=O)OCc1ccc(NC(=O)OC3/C=C/COCOC3)c(C(=O)NCCN3C(=O)C=CC3=O)c1)CC(O)C2C. The molecule has 4 bridgehead atoms. The van der Waals surface area contributed by atoms with Crippen LogP contribution in [0.2, 0.25) is 0 Å². The number of likely N-dealkylation sites (N-methyl/N-ethyl adjacent to an activating group) is 2. The summed E-state index contributed by atoms with van der Waals surface area (Å²) in [5.41, 5.74) is -0.368. The summed E-state index contributed by atoms with van der Waals surface area (Å²) in [6, 6.07) is 4.35. The summed E-state index contributed by atoms with van der Waals surface area (Å²) in [6.07, 6.45) is 3.64. The zero-order valence-corrected chi connectivity index (χ0v) is 55.4. The number of epoxide rings is 1. The van der Waals surface area contributed by atoms with Crippen molar-refractivity contribution in [3.63, 3.8) is 0 Å². The van der Waals surface area contributed by atoms with Gasteiger partial charge in [-0.15, -0.1) is 0 Å². The van der Waals surface area contributed by atoms with Crippen molar-refractivity contribution in [2.75, 3.05) is 85.6 Å². The van der Waals surface area contributed by atoms with Crippen LogP contribution in [-0.2, 0) is 68.4 Å². The molecule has 7 amide bonds. The number of aliphatic hydroxyl groups is 2. The number of esters is 1. The molecule has 5 N–H and O–H groups in total. The molecule has 3 fully saturated rings. The molecule has 6 aliphatic rings. The molecule has 8 unspecified atom stereocenters. The summed E-state index contributed by atoms with van der Waals surface area (Å²) in [6.45, 7) is 12.9. The van der Waals surface area contributed by atoms with Gasteiger partial charge in [0.25, 0.3) is 23.0 Å². The average molecular weight is 1310 g/mol. The molecule has 0 radical (unpaired) electrons. The van der Waals surface area contributed by atoms with E-state index in [2.05, 4.69) is 29.0 Å². The second kappa shape index (κ2) is 32.8. The van der Waals surface area contributed by atoms with Crippen LogP contribution in [0.4, 0.5) is 24.9 Å². The minimum Gasteiger partial charge on any atom is -0.497 e. The van der Waals surface area contributed by atoms with E-state index >= 15 is 0 Å². The van der Waals surface area contributed by atoms with Gasteiger partial charge in [-0.05, 0) is 86.3 Å². The van der Waals surface area contributed by atoms with Gasteiger partial charge in [-0.3, -0.25) is 44.3 Å². The Balaban J connectivity index is 0.918. The molecule has 508 valence electrons.